The summed E-state index contributed by atoms with van der Waals surface area (Å²) in [5.74, 6) is -0.468. The van der Waals surface area contributed by atoms with E-state index in [2.05, 4.69) is 15.4 Å². The Bertz CT molecular complexity index is 1180. The predicted octanol–water partition coefficient (Wildman–Crippen LogP) is 2.96. The molecule has 0 aliphatic carbocycles. The number of nitrogens with zero attached hydrogens (tertiary/aromatic N) is 6. The number of rotatable bonds is 6. The van der Waals surface area contributed by atoms with Crippen molar-refractivity contribution in [2.24, 2.45) is 0 Å². The van der Waals surface area contributed by atoms with E-state index in [4.69, 9.17) is 0 Å². The smallest absolute Gasteiger partial charge is 0.369 e. The quantitative estimate of drug-likeness (QED) is 0.431. The molecule has 4 rings (SSSR count). The van der Waals surface area contributed by atoms with Crippen LogP contribution in [0.2, 0.25) is 0 Å². The van der Waals surface area contributed by atoms with Crippen molar-refractivity contribution in [3.05, 3.63) is 70.8 Å². The van der Waals surface area contributed by atoms with E-state index in [9.17, 15) is 28.1 Å². The molecule has 1 amide bonds. The molecule has 178 valence electrons. The molecule has 1 aromatic heterocycles. The van der Waals surface area contributed by atoms with Crippen molar-refractivity contribution in [3.8, 4) is 5.69 Å². The minimum absolute atomic E-state index is 0.00332. The van der Waals surface area contributed by atoms with Crippen LogP contribution in [-0.4, -0.2) is 63.2 Å². The van der Waals surface area contributed by atoms with Crippen LogP contribution in [0.25, 0.3) is 5.69 Å². The van der Waals surface area contributed by atoms with Crippen molar-refractivity contribution in [3.63, 3.8) is 0 Å². The second-order valence-corrected chi connectivity index (χ2v) is 7.66. The highest BCUT2D eigenvalue weighted by atomic mass is 19.4. The lowest BCUT2D eigenvalue weighted by molar-refractivity contribution is -0.384. The Balaban J connectivity index is 1.41. The summed E-state index contributed by atoms with van der Waals surface area (Å²) in [6.45, 7) is 2.09. The SMILES string of the molecule is O=C(CN1CCN(c2cccc([N+](=O)[O-])c2)CC1)Nc1cc(C(F)(F)F)ccc1-n1cncn1. The molecule has 2 heterocycles. The van der Waals surface area contributed by atoms with Crippen LogP contribution in [0.3, 0.4) is 0 Å². The second kappa shape index (κ2) is 9.47. The number of aromatic nitrogens is 3. The third-order valence-corrected chi connectivity index (χ3v) is 5.41. The van der Waals surface area contributed by atoms with Crippen molar-refractivity contribution in [2.75, 3.05) is 42.9 Å². The van der Waals surface area contributed by atoms with Crippen LogP contribution in [0.4, 0.5) is 30.2 Å². The molecule has 0 unspecified atom stereocenters. The summed E-state index contributed by atoms with van der Waals surface area (Å²) in [6, 6.07) is 9.34. The predicted molar refractivity (Wildman–Crippen MR) is 117 cm³/mol. The molecule has 0 radical (unpaired) electrons. The minimum Gasteiger partial charge on any atom is -0.369 e. The zero-order chi connectivity index (χ0) is 24.3. The third kappa shape index (κ3) is 5.31. The summed E-state index contributed by atoms with van der Waals surface area (Å²) in [6.07, 6.45) is -2.00. The molecule has 0 spiro atoms. The van der Waals surface area contributed by atoms with Crippen LogP contribution in [0.15, 0.2) is 55.1 Å². The number of amides is 1. The van der Waals surface area contributed by atoms with Crippen LogP contribution in [-0.2, 0) is 11.0 Å². The standard InChI is InChI=1S/C21H20F3N7O3/c22-21(23,24)15-4-5-19(30-14-25-13-26-30)18(10-15)27-20(32)12-28-6-8-29(9-7-28)16-2-1-3-17(11-16)31(33)34/h1-5,10-11,13-14H,6-9,12H2,(H,27,32). The summed E-state index contributed by atoms with van der Waals surface area (Å²) < 4.78 is 40.9. The van der Waals surface area contributed by atoms with Gasteiger partial charge in [0.1, 0.15) is 12.7 Å². The normalized spacial score (nSPS) is 14.7. The maximum Gasteiger partial charge on any atom is 0.416 e. The number of nitro benzene ring substituents is 1. The highest BCUT2D eigenvalue weighted by molar-refractivity contribution is 5.94. The highest BCUT2D eigenvalue weighted by Crippen LogP contribution is 2.33. The van der Waals surface area contributed by atoms with Gasteiger partial charge < -0.3 is 10.2 Å². The molecular weight excluding hydrogens is 455 g/mol. The molecule has 3 aromatic rings. The fourth-order valence-electron chi connectivity index (χ4n) is 3.71. The van der Waals surface area contributed by atoms with Crippen molar-refractivity contribution in [2.45, 2.75) is 6.18 Å². The number of carbonyl (C=O) groups is 1. The fraction of sp³-hybridized carbons (Fsp3) is 0.286. The summed E-state index contributed by atoms with van der Waals surface area (Å²) in [7, 11) is 0. The zero-order valence-corrected chi connectivity index (χ0v) is 17.8. The zero-order valence-electron chi connectivity index (χ0n) is 17.8. The molecule has 0 bridgehead atoms. The summed E-state index contributed by atoms with van der Waals surface area (Å²) in [5.41, 5.74) is 0.0652. The van der Waals surface area contributed by atoms with Crippen LogP contribution in [0.5, 0.6) is 0 Å². The number of halogens is 3. The van der Waals surface area contributed by atoms with Crippen molar-refractivity contribution >= 4 is 23.0 Å². The topological polar surface area (TPSA) is 109 Å². The van der Waals surface area contributed by atoms with Gasteiger partial charge in [0.2, 0.25) is 5.91 Å². The van der Waals surface area contributed by atoms with Gasteiger partial charge in [-0.2, -0.15) is 18.3 Å². The van der Waals surface area contributed by atoms with Gasteiger partial charge in [0.15, 0.2) is 0 Å². The van der Waals surface area contributed by atoms with E-state index in [0.29, 0.717) is 26.2 Å². The molecule has 1 aliphatic heterocycles. The Morgan fingerprint density at radius 3 is 2.53 bits per heavy atom. The number of nitrogens with one attached hydrogen (secondary N) is 1. The van der Waals surface area contributed by atoms with E-state index in [-0.39, 0.29) is 23.6 Å². The van der Waals surface area contributed by atoms with Crippen molar-refractivity contribution in [1.29, 1.82) is 0 Å². The van der Waals surface area contributed by atoms with E-state index in [1.54, 1.807) is 12.1 Å². The third-order valence-electron chi connectivity index (χ3n) is 5.41. The Labute approximate surface area is 191 Å². The van der Waals surface area contributed by atoms with Crippen LogP contribution < -0.4 is 10.2 Å². The first-order chi connectivity index (χ1) is 16.2. The first-order valence-electron chi connectivity index (χ1n) is 10.3. The number of hydrogen-bond acceptors (Lipinski definition) is 7. The average Bonchev–Trinajstić information content (AvgIpc) is 3.34. The van der Waals surface area contributed by atoms with Gasteiger partial charge >= 0.3 is 6.18 Å². The molecule has 13 heteroatoms. The van der Waals surface area contributed by atoms with Crippen molar-refractivity contribution < 1.29 is 22.9 Å². The molecule has 1 fully saturated rings. The van der Waals surface area contributed by atoms with Gasteiger partial charge in [0, 0.05) is 44.0 Å². The second-order valence-electron chi connectivity index (χ2n) is 7.66. The minimum atomic E-state index is -4.57. The summed E-state index contributed by atoms with van der Waals surface area (Å²) in [4.78, 5) is 30.9. The van der Waals surface area contributed by atoms with E-state index in [0.717, 1.165) is 17.8 Å². The first kappa shape index (κ1) is 23.2. The van der Waals surface area contributed by atoms with E-state index in [1.165, 1.54) is 35.5 Å². The Hall–Kier alpha value is -4.00. The number of nitro groups is 1. The number of alkyl halides is 3. The lowest BCUT2D eigenvalue weighted by Crippen LogP contribution is -2.48. The van der Waals surface area contributed by atoms with Gasteiger partial charge in [-0.3, -0.25) is 19.8 Å². The Morgan fingerprint density at radius 2 is 1.88 bits per heavy atom. The highest BCUT2D eigenvalue weighted by Gasteiger charge is 2.31. The van der Waals surface area contributed by atoms with Gasteiger partial charge in [-0.15, -0.1) is 0 Å². The molecule has 2 aromatic carbocycles. The van der Waals surface area contributed by atoms with Crippen LogP contribution in [0.1, 0.15) is 5.56 Å². The molecule has 0 saturated carbocycles. The Morgan fingerprint density at radius 1 is 1.12 bits per heavy atom. The van der Waals surface area contributed by atoms with Crippen LogP contribution in [0, 0.1) is 10.1 Å². The fourth-order valence-corrected chi connectivity index (χ4v) is 3.71. The molecule has 0 atom stereocenters. The molecule has 1 aliphatic rings. The van der Waals surface area contributed by atoms with Gasteiger partial charge in [0.05, 0.1) is 28.4 Å². The molecule has 1 N–H and O–H groups in total. The molecule has 10 nitrogen and oxygen atoms in total. The maximum atomic E-state index is 13.2. The van der Waals surface area contributed by atoms with Crippen molar-refractivity contribution in [1.82, 2.24) is 19.7 Å². The monoisotopic (exact) mass is 475 g/mol. The Kier molecular flexibility index (Phi) is 6.45. The number of anilines is 2. The number of piperazine rings is 1. The van der Waals surface area contributed by atoms with E-state index in [1.807, 2.05) is 9.80 Å². The maximum absolute atomic E-state index is 13.2. The molecule has 34 heavy (non-hydrogen) atoms. The summed E-state index contributed by atoms with van der Waals surface area (Å²) in [5, 5.41) is 17.5. The lowest BCUT2D eigenvalue weighted by atomic mass is 10.1. The molecular formula is C21H20F3N7O3. The largest absolute Gasteiger partial charge is 0.416 e. The van der Waals surface area contributed by atoms with Gasteiger partial charge in [-0.05, 0) is 24.3 Å². The molecule has 1 saturated heterocycles. The number of carbonyl (C=O) groups excluding carboxylic acids is 1. The lowest BCUT2D eigenvalue weighted by Gasteiger charge is -2.35. The van der Waals surface area contributed by atoms with Gasteiger partial charge in [0.25, 0.3) is 5.69 Å². The van der Waals surface area contributed by atoms with E-state index < -0.39 is 22.6 Å². The summed E-state index contributed by atoms with van der Waals surface area (Å²) >= 11 is 0. The number of hydrogen-bond donors (Lipinski definition) is 1. The number of benzene rings is 2. The van der Waals surface area contributed by atoms with Crippen LogP contribution >= 0.6 is 0 Å². The average molecular weight is 475 g/mol. The van der Waals surface area contributed by atoms with Gasteiger partial charge in [-0.25, -0.2) is 9.67 Å². The number of non-ortho nitro benzene ring substituents is 1. The first-order valence-corrected chi connectivity index (χ1v) is 10.3. The van der Waals surface area contributed by atoms with E-state index >= 15 is 0 Å². The van der Waals surface area contributed by atoms with Gasteiger partial charge in [-0.1, -0.05) is 6.07 Å².